The molecule has 202 valence electrons. The molecule has 0 radical (unpaired) electrons. The van der Waals surface area contributed by atoms with Crippen molar-refractivity contribution < 1.29 is 14.4 Å². The summed E-state index contributed by atoms with van der Waals surface area (Å²) in [5.41, 5.74) is 8.21. The topological polar surface area (TPSA) is 54.6 Å². The summed E-state index contributed by atoms with van der Waals surface area (Å²) in [4.78, 5) is 25.9. The second kappa shape index (κ2) is 10.2. The summed E-state index contributed by atoms with van der Waals surface area (Å²) in [5.74, 6) is 0.311. The van der Waals surface area contributed by atoms with Gasteiger partial charge in [-0.15, -0.1) is 0 Å². The van der Waals surface area contributed by atoms with Crippen LogP contribution in [0.4, 0.5) is 28.4 Å². The van der Waals surface area contributed by atoms with E-state index < -0.39 is 0 Å². The molecular weight excluding hydrogens is 498 g/mol. The standard InChI is InChI=1S/C34H34N3O3/c1-5-24-14-13-18-28-32(24)33(23(4)35-28)37(29-19-12-11-17-27(29)34(38)40-37)30-21-20-26(22-31(30)39-7-3)36(6-2)25-15-9-8-10-16-25/h8-22,35H,5-7H2,1-4H3/q+1. The Morgan fingerprint density at radius 1 is 0.850 bits per heavy atom. The maximum absolute atomic E-state index is 13.5. The smallest absolute Gasteiger partial charge is 0.405 e. The lowest BCUT2D eigenvalue weighted by Gasteiger charge is -2.31. The van der Waals surface area contributed by atoms with E-state index in [1.165, 1.54) is 5.56 Å². The predicted molar refractivity (Wildman–Crippen MR) is 162 cm³/mol. The number of hydrogen-bond donors (Lipinski definition) is 1. The van der Waals surface area contributed by atoms with Crippen LogP contribution < -0.4 is 14.3 Å². The molecule has 0 aliphatic carbocycles. The van der Waals surface area contributed by atoms with E-state index in [-0.39, 0.29) is 10.6 Å². The molecule has 5 aromatic rings. The van der Waals surface area contributed by atoms with Crippen LogP contribution in [0.2, 0.25) is 0 Å². The second-order valence-electron chi connectivity index (χ2n) is 9.96. The predicted octanol–water partition coefficient (Wildman–Crippen LogP) is 8.65. The van der Waals surface area contributed by atoms with Gasteiger partial charge in [-0.2, -0.15) is 0 Å². The molecule has 0 saturated heterocycles. The van der Waals surface area contributed by atoms with Crippen LogP contribution in [-0.4, -0.2) is 24.1 Å². The number of carbonyl (C=O) groups is 1. The van der Waals surface area contributed by atoms with E-state index in [1.807, 2.05) is 62.4 Å². The molecule has 6 nitrogen and oxygen atoms in total. The highest BCUT2D eigenvalue weighted by Crippen LogP contribution is 2.57. The Balaban J connectivity index is 1.67. The largest absolute Gasteiger partial charge is 0.488 e. The van der Waals surface area contributed by atoms with Crippen molar-refractivity contribution in [1.29, 1.82) is 0 Å². The summed E-state index contributed by atoms with van der Waals surface area (Å²) < 4.78 is 6.16. The highest BCUT2D eigenvalue weighted by molar-refractivity contribution is 6.07. The van der Waals surface area contributed by atoms with Crippen molar-refractivity contribution in [3.8, 4) is 5.75 Å². The van der Waals surface area contributed by atoms with E-state index in [2.05, 4.69) is 66.2 Å². The minimum Gasteiger partial charge on any atom is -0.488 e. The van der Waals surface area contributed by atoms with Gasteiger partial charge in [0.2, 0.25) is 17.1 Å². The Morgan fingerprint density at radius 3 is 2.38 bits per heavy atom. The van der Waals surface area contributed by atoms with Gasteiger partial charge in [0.05, 0.1) is 23.2 Å². The average molecular weight is 533 g/mol. The van der Waals surface area contributed by atoms with Gasteiger partial charge in [-0.1, -0.05) is 49.4 Å². The fourth-order valence-corrected chi connectivity index (χ4v) is 6.05. The summed E-state index contributed by atoms with van der Waals surface area (Å²) in [7, 11) is 0. The van der Waals surface area contributed by atoms with E-state index in [1.54, 1.807) is 0 Å². The number of fused-ring (bicyclic) bond motifs is 2. The van der Waals surface area contributed by atoms with Crippen LogP contribution in [0.3, 0.4) is 0 Å². The van der Waals surface area contributed by atoms with Crippen molar-refractivity contribution >= 4 is 45.3 Å². The molecule has 40 heavy (non-hydrogen) atoms. The van der Waals surface area contributed by atoms with Crippen LogP contribution in [-0.2, 0) is 11.3 Å². The Labute approximate surface area is 234 Å². The van der Waals surface area contributed by atoms with Crippen molar-refractivity contribution in [3.63, 3.8) is 0 Å². The SMILES string of the molecule is CCOc1cc(N(CC)c2ccccc2)ccc1[N+]1(c2c(C)[nH]c3cccc(CC)c23)OC(=O)c2ccccc21. The molecule has 0 spiro atoms. The van der Waals surface area contributed by atoms with Crippen molar-refractivity contribution in [2.24, 2.45) is 0 Å². The lowest BCUT2D eigenvalue weighted by atomic mass is 10.0. The number of carbonyl (C=O) groups excluding carboxylic acids is 1. The minimum atomic E-state index is -0.357. The van der Waals surface area contributed by atoms with Crippen molar-refractivity contribution in [2.45, 2.75) is 34.1 Å². The van der Waals surface area contributed by atoms with E-state index >= 15 is 0 Å². The molecule has 0 saturated carbocycles. The van der Waals surface area contributed by atoms with E-state index in [0.29, 0.717) is 17.9 Å². The number of nitrogens with one attached hydrogen (secondary N) is 1. The van der Waals surface area contributed by atoms with E-state index in [4.69, 9.17) is 9.57 Å². The molecule has 1 unspecified atom stereocenters. The van der Waals surface area contributed by atoms with Crippen LogP contribution in [0.15, 0.2) is 91.0 Å². The first-order valence-electron chi connectivity index (χ1n) is 14.0. The summed E-state index contributed by atoms with van der Waals surface area (Å²) in [6.07, 6.45) is 0.844. The Kier molecular flexibility index (Phi) is 6.56. The molecule has 0 amide bonds. The second-order valence-corrected chi connectivity index (χ2v) is 9.96. The number of ether oxygens (including phenoxy) is 1. The maximum atomic E-state index is 13.5. The van der Waals surface area contributed by atoms with Gasteiger partial charge in [0, 0.05) is 36.1 Å². The summed E-state index contributed by atoms with van der Waals surface area (Å²) in [6, 6.07) is 30.5. The molecule has 1 aromatic heterocycles. The van der Waals surface area contributed by atoms with Gasteiger partial charge in [-0.05, 0) is 67.7 Å². The van der Waals surface area contributed by atoms with Crippen molar-refractivity contribution in [3.05, 3.63) is 108 Å². The molecule has 1 N–H and O–H groups in total. The molecule has 0 fully saturated rings. The van der Waals surface area contributed by atoms with Gasteiger partial charge in [-0.25, -0.2) is 4.79 Å². The third kappa shape index (κ3) is 3.87. The molecular formula is C34H34N3O3+. The first kappa shape index (κ1) is 25.7. The Bertz CT molecular complexity index is 1710. The highest BCUT2D eigenvalue weighted by Gasteiger charge is 2.55. The van der Waals surface area contributed by atoms with Crippen LogP contribution in [0, 0.1) is 6.92 Å². The fourth-order valence-electron chi connectivity index (χ4n) is 6.05. The molecule has 1 aliphatic heterocycles. The quantitative estimate of drug-likeness (QED) is 0.203. The number of quaternary nitrogens is 1. The normalized spacial score (nSPS) is 16.1. The number of aromatic amines is 1. The summed E-state index contributed by atoms with van der Waals surface area (Å²) >= 11 is 0. The number of anilines is 2. The van der Waals surface area contributed by atoms with E-state index in [9.17, 15) is 4.79 Å². The molecule has 0 bridgehead atoms. The molecule has 6 heteroatoms. The highest BCUT2D eigenvalue weighted by atomic mass is 16.8. The van der Waals surface area contributed by atoms with Crippen molar-refractivity contribution in [1.82, 2.24) is 9.63 Å². The average Bonchev–Trinajstić information content (AvgIpc) is 3.48. The third-order valence-electron chi connectivity index (χ3n) is 7.72. The number of benzene rings is 4. The number of para-hydroxylation sites is 2. The molecule has 1 atom stereocenters. The van der Waals surface area contributed by atoms with Crippen LogP contribution in [0.25, 0.3) is 10.9 Å². The van der Waals surface area contributed by atoms with Crippen LogP contribution in [0.5, 0.6) is 5.75 Å². The number of aryl methyl sites for hydroxylation is 2. The zero-order valence-corrected chi connectivity index (χ0v) is 23.4. The molecule has 1 aliphatic rings. The fraction of sp³-hybridized carbons (Fsp3) is 0.206. The van der Waals surface area contributed by atoms with Crippen LogP contribution in [0.1, 0.15) is 42.4 Å². The first-order valence-corrected chi connectivity index (χ1v) is 14.0. The molecule has 4 aromatic carbocycles. The van der Waals surface area contributed by atoms with Gasteiger partial charge < -0.3 is 14.6 Å². The lowest BCUT2D eigenvalue weighted by molar-refractivity contribution is -0.0147. The zero-order chi connectivity index (χ0) is 27.9. The Hall–Kier alpha value is -4.55. The minimum absolute atomic E-state index is 0.203. The zero-order valence-electron chi connectivity index (χ0n) is 23.4. The molecule has 2 heterocycles. The maximum Gasteiger partial charge on any atom is 0.405 e. The summed E-state index contributed by atoms with van der Waals surface area (Å²) in [5, 5.41) is 1.07. The van der Waals surface area contributed by atoms with Gasteiger partial charge in [-0.3, -0.25) is 4.84 Å². The Morgan fingerprint density at radius 2 is 1.62 bits per heavy atom. The number of rotatable bonds is 8. The van der Waals surface area contributed by atoms with Gasteiger partial charge in [0.25, 0.3) is 0 Å². The number of nitrogens with zero attached hydrogens (tertiary/aromatic N) is 2. The van der Waals surface area contributed by atoms with Gasteiger partial charge in [0.1, 0.15) is 5.56 Å². The summed E-state index contributed by atoms with van der Waals surface area (Å²) in [6.45, 7) is 9.57. The molecule has 6 rings (SSSR count). The first-order chi connectivity index (χ1) is 19.5. The van der Waals surface area contributed by atoms with Gasteiger partial charge in [0.15, 0.2) is 5.75 Å². The van der Waals surface area contributed by atoms with E-state index in [0.717, 1.165) is 58.0 Å². The number of hydrogen-bond acceptors (Lipinski definition) is 4. The van der Waals surface area contributed by atoms with Gasteiger partial charge >= 0.3 is 5.97 Å². The lowest BCUT2D eigenvalue weighted by Crippen LogP contribution is -2.37. The van der Waals surface area contributed by atoms with Crippen LogP contribution >= 0.6 is 0 Å². The number of H-pyrrole nitrogens is 1. The third-order valence-corrected chi connectivity index (χ3v) is 7.72. The monoisotopic (exact) mass is 532 g/mol. The van der Waals surface area contributed by atoms with Crippen molar-refractivity contribution in [2.75, 3.05) is 18.1 Å². The number of aromatic nitrogens is 1.